The van der Waals surface area contributed by atoms with Crippen molar-refractivity contribution in [1.29, 1.82) is 0 Å². The molecule has 2 heterocycles. The third-order valence-corrected chi connectivity index (χ3v) is 6.50. The van der Waals surface area contributed by atoms with Gasteiger partial charge in [0.05, 0.1) is 5.25 Å². The van der Waals surface area contributed by atoms with Gasteiger partial charge in [0.2, 0.25) is 5.91 Å². The molecule has 2 unspecified atom stereocenters. The molecule has 1 N–H and O–H groups in total. The SMILES string of the molecule is COCCCn1c(SC(C(=O)N2c3ccccc3CC2C)C(C)C)n[nH]c1=O. The van der Waals surface area contributed by atoms with Gasteiger partial charge in [-0.1, -0.05) is 43.8 Å². The van der Waals surface area contributed by atoms with Crippen LogP contribution in [0.2, 0.25) is 0 Å². The van der Waals surface area contributed by atoms with Crippen LogP contribution < -0.4 is 10.6 Å². The van der Waals surface area contributed by atoms with E-state index in [4.69, 9.17) is 4.74 Å². The summed E-state index contributed by atoms with van der Waals surface area (Å²) in [5, 5.41) is 6.90. The van der Waals surface area contributed by atoms with E-state index in [1.807, 2.05) is 36.9 Å². The van der Waals surface area contributed by atoms with Crippen molar-refractivity contribution < 1.29 is 9.53 Å². The van der Waals surface area contributed by atoms with Crippen LogP contribution in [-0.4, -0.2) is 45.7 Å². The zero-order valence-electron chi connectivity index (χ0n) is 16.8. The smallest absolute Gasteiger partial charge is 0.343 e. The Bertz CT molecular complexity index is 876. The molecular formula is C20H28N4O3S. The molecule has 0 aliphatic carbocycles. The molecule has 0 radical (unpaired) electrons. The molecule has 0 bridgehead atoms. The summed E-state index contributed by atoms with van der Waals surface area (Å²) < 4.78 is 6.67. The molecule has 3 rings (SSSR count). The number of amides is 1. The minimum absolute atomic E-state index is 0.0661. The van der Waals surface area contributed by atoms with Gasteiger partial charge < -0.3 is 9.64 Å². The number of hydrogen-bond acceptors (Lipinski definition) is 5. The zero-order valence-corrected chi connectivity index (χ0v) is 17.7. The molecule has 0 saturated heterocycles. The molecule has 1 aliphatic rings. The fourth-order valence-electron chi connectivity index (χ4n) is 3.58. The van der Waals surface area contributed by atoms with Crippen LogP contribution >= 0.6 is 11.8 Å². The van der Waals surface area contributed by atoms with Gasteiger partial charge in [-0.25, -0.2) is 9.89 Å². The highest BCUT2D eigenvalue weighted by molar-refractivity contribution is 8.00. The molecule has 0 spiro atoms. The fraction of sp³-hybridized carbons (Fsp3) is 0.550. The van der Waals surface area contributed by atoms with Gasteiger partial charge in [0, 0.05) is 32.0 Å². The van der Waals surface area contributed by atoms with E-state index >= 15 is 0 Å². The van der Waals surface area contributed by atoms with Crippen molar-refractivity contribution in [2.24, 2.45) is 5.92 Å². The maximum absolute atomic E-state index is 13.5. The highest BCUT2D eigenvalue weighted by atomic mass is 32.2. The van der Waals surface area contributed by atoms with Gasteiger partial charge in [-0.2, -0.15) is 0 Å². The molecule has 0 saturated carbocycles. The molecule has 7 nitrogen and oxygen atoms in total. The van der Waals surface area contributed by atoms with Gasteiger partial charge in [-0.05, 0) is 37.3 Å². The summed E-state index contributed by atoms with van der Waals surface area (Å²) in [4.78, 5) is 27.5. The molecule has 1 amide bonds. The van der Waals surface area contributed by atoms with E-state index < -0.39 is 0 Å². The molecule has 1 aromatic heterocycles. The monoisotopic (exact) mass is 404 g/mol. The molecule has 28 heavy (non-hydrogen) atoms. The Hall–Kier alpha value is -2.06. The average molecular weight is 405 g/mol. The number of carbonyl (C=O) groups is 1. The standard InChI is InChI=1S/C20H28N4O3S/c1-13(2)17(28-20-22-21-19(26)23(20)10-7-11-27-4)18(25)24-14(3)12-15-8-5-6-9-16(15)24/h5-6,8-9,13-14,17H,7,10-12H2,1-4H3,(H,21,26). The summed E-state index contributed by atoms with van der Waals surface area (Å²) in [5.74, 6) is 0.160. The number of H-pyrrole nitrogens is 1. The van der Waals surface area contributed by atoms with Crippen molar-refractivity contribution in [3.8, 4) is 0 Å². The third-order valence-electron chi connectivity index (χ3n) is 4.98. The number of aromatic nitrogens is 3. The number of nitrogens with one attached hydrogen (secondary N) is 1. The first-order valence-electron chi connectivity index (χ1n) is 9.65. The molecule has 0 fully saturated rings. The van der Waals surface area contributed by atoms with Crippen LogP contribution in [0.1, 0.15) is 32.8 Å². The van der Waals surface area contributed by atoms with E-state index in [-0.39, 0.29) is 28.8 Å². The topological polar surface area (TPSA) is 80.2 Å². The Morgan fingerprint density at radius 1 is 1.39 bits per heavy atom. The largest absolute Gasteiger partial charge is 0.385 e. The van der Waals surface area contributed by atoms with Crippen molar-refractivity contribution in [2.45, 2.75) is 56.6 Å². The number of rotatable bonds is 8. The summed E-state index contributed by atoms with van der Waals surface area (Å²) in [6.07, 6.45) is 1.57. The summed E-state index contributed by atoms with van der Waals surface area (Å²) in [6, 6.07) is 8.19. The summed E-state index contributed by atoms with van der Waals surface area (Å²) in [7, 11) is 1.64. The fourth-order valence-corrected chi connectivity index (χ4v) is 4.69. The van der Waals surface area contributed by atoms with Gasteiger partial charge in [0.15, 0.2) is 5.16 Å². The Balaban J connectivity index is 1.83. The number of para-hydroxylation sites is 1. The Kier molecular flexibility index (Phi) is 6.61. The number of methoxy groups -OCH3 is 1. The molecule has 2 aromatic rings. The van der Waals surface area contributed by atoms with E-state index in [9.17, 15) is 9.59 Å². The van der Waals surface area contributed by atoms with Gasteiger partial charge in [-0.15, -0.1) is 5.10 Å². The Morgan fingerprint density at radius 2 is 2.14 bits per heavy atom. The minimum atomic E-state index is -0.329. The second-order valence-electron chi connectivity index (χ2n) is 7.48. The Labute approximate surface area is 169 Å². The maximum Gasteiger partial charge on any atom is 0.343 e. The van der Waals surface area contributed by atoms with Crippen LogP contribution in [0.4, 0.5) is 5.69 Å². The van der Waals surface area contributed by atoms with Gasteiger partial charge in [-0.3, -0.25) is 9.36 Å². The highest BCUT2D eigenvalue weighted by Gasteiger charge is 2.37. The maximum atomic E-state index is 13.5. The first-order chi connectivity index (χ1) is 13.4. The van der Waals surface area contributed by atoms with Gasteiger partial charge >= 0.3 is 5.69 Å². The van der Waals surface area contributed by atoms with Gasteiger partial charge in [0.25, 0.3) is 0 Å². The average Bonchev–Trinajstić information content (AvgIpc) is 3.18. The van der Waals surface area contributed by atoms with Crippen LogP contribution in [0, 0.1) is 5.92 Å². The third kappa shape index (κ3) is 4.17. The molecule has 8 heteroatoms. The van der Waals surface area contributed by atoms with E-state index in [2.05, 4.69) is 23.2 Å². The molecular weight excluding hydrogens is 376 g/mol. The molecule has 1 aliphatic heterocycles. The van der Waals surface area contributed by atoms with E-state index in [0.29, 0.717) is 24.7 Å². The second kappa shape index (κ2) is 8.96. The minimum Gasteiger partial charge on any atom is -0.385 e. The second-order valence-corrected chi connectivity index (χ2v) is 8.59. The number of thioether (sulfide) groups is 1. The number of aromatic amines is 1. The summed E-state index contributed by atoms with van der Waals surface area (Å²) in [5.41, 5.74) is 1.94. The number of anilines is 1. The predicted octanol–water partition coefficient (Wildman–Crippen LogP) is 2.70. The lowest BCUT2D eigenvalue weighted by Crippen LogP contribution is -2.43. The van der Waals surface area contributed by atoms with Crippen LogP contribution in [-0.2, 0) is 22.5 Å². The van der Waals surface area contributed by atoms with Crippen LogP contribution in [0.5, 0.6) is 0 Å². The molecule has 1 aromatic carbocycles. The predicted molar refractivity (Wildman–Crippen MR) is 111 cm³/mol. The summed E-state index contributed by atoms with van der Waals surface area (Å²) >= 11 is 1.36. The summed E-state index contributed by atoms with van der Waals surface area (Å²) in [6.45, 7) is 7.21. The van der Waals surface area contributed by atoms with Crippen molar-refractivity contribution in [1.82, 2.24) is 14.8 Å². The van der Waals surface area contributed by atoms with Crippen LogP contribution in [0.15, 0.2) is 34.2 Å². The number of ether oxygens (including phenoxy) is 1. The number of hydrogen-bond donors (Lipinski definition) is 1. The number of carbonyl (C=O) groups excluding carboxylic acids is 1. The first kappa shape index (κ1) is 20.7. The highest BCUT2D eigenvalue weighted by Crippen LogP contribution is 2.36. The quantitative estimate of drug-likeness (QED) is 0.540. The first-order valence-corrected chi connectivity index (χ1v) is 10.5. The van der Waals surface area contributed by atoms with Crippen molar-refractivity contribution in [2.75, 3.05) is 18.6 Å². The number of fused-ring (bicyclic) bond motifs is 1. The van der Waals surface area contributed by atoms with E-state index in [1.165, 1.54) is 17.3 Å². The number of nitrogens with zero attached hydrogens (tertiary/aromatic N) is 3. The van der Waals surface area contributed by atoms with Crippen molar-refractivity contribution in [3.05, 3.63) is 40.3 Å². The lowest BCUT2D eigenvalue weighted by Gasteiger charge is -2.29. The normalized spacial score (nSPS) is 17.2. The Morgan fingerprint density at radius 3 is 2.86 bits per heavy atom. The lowest BCUT2D eigenvalue weighted by molar-refractivity contribution is -0.119. The van der Waals surface area contributed by atoms with E-state index in [0.717, 1.165) is 12.1 Å². The van der Waals surface area contributed by atoms with Gasteiger partial charge in [0.1, 0.15) is 0 Å². The van der Waals surface area contributed by atoms with E-state index in [1.54, 1.807) is 11.7 Å². The lowest BCUT2D eigenvalue weighted by atomic mass is 10.1. The van der Waals surface area contributed by atoms with Crippen LogP contribution in [0.3, 0.4) is 0 Å². The zero-order chi connectivity index (χ0) is 20.3. The van der Waals surface area contributed by atoms with Crippen molar-refractivity contribution in [3.63, 3.8) is 0 Å². The molecule has 152 valence electrons. The van der Waals surface area contributed by atoms with Crippen molar-refractivity contribution >= 4 is 23.4 Å². The number of benzene rings is 1. The van der Waals surface area contributed by atoms with Crippen LogP contribution in [0.25, 0.3) is 0 Å². The molecule has 2 atom stereocenters.